The minimum Gasteiger partial charge on any atom is -0.488 e. The second-order valence-electron chi connectivity index (χ2n) is 6.57. The molecule has 122 valence electrons. The molecule has 3 nitrogen and oxygen atoms in total. The van der Waals surface area contributed by atoms with Gasteiger partial charge < -0.3 is 14.4 Å². The van der Waals surface area contributed by atoms with Crippen molar-refractivity contribution < 1.29 is 9.47 Å². The van der Waals surface area contributed by atoms with Crippen molar-refractivity contribution in [3.05, 3.63) is 30.3 Å². The zero-order valence-electron chi connectivity index (χ0n) is 13.6. The zero-order chi connectivity index (χ0) is 15.0. The highest BCUT2D eigenvalue weighted by Crippen LogP contribution is 2.26. The molecule has 0 unspecified atom stereocenters. The van der Waals surface area contributed by atoms with Crippen molar-refractivity contribution in [3.63, 3.8) is 0 Å². The van der Waals surface area contributed by atoms with Gasteiger partial charge in [-0.25, -0.2) is 0 Å². The lowest BCUT2D eigenvalue weighted by Crippen LogP contribution is -2.39. The SMILES string of the molecule is c1ccc(O[C@@H]2CCCC[C@H]2OCCN2CCCCC2)cc1. The first-order valence-electron chi connectivity index (χ1n) is 8.97. The van der Waals surface area contributed by atoms with Crippen LogP contribution in [0.15, 0.2) is 30.3 Å². The third-order valence-corrected chi connectivity index (χ3v) is 4.86. The molecule has 2 aliphatic rings. The first kappa shape index (κ1) is 15.8. The van der Waals surface area contributed by atoms with Crippen LogP contribution in [-0.4, -0.2) is 43.3 Å². The summed E-state index contributed by atoms with van der Waals surface area (Å²) in [5.41, 5.74) is 0. The number of ether oxygens (including phenoxy) is 2. The quantitative estimate of drug-likeness (QED) is 0.796. The molecule has 3 heteroatoms. The molecule has 0 radical (unpaired) electrons. The molecular formula is C19H29NO2. The van der Waals surface area contributed by atoms with Gasteiger partial charge >= 0.3 is 0 Å². The van der Waals surface area contributed by atoms with Crippen molar-refractivity contribution in [2.24, 2.45) is 0 Å². The van der Waals surface area contributed by atoms with Crippen molar-refractivity contribution in [2.75, 3.05) is 26.2 Å². The number of hydrogen-bond acceptors (Lipinski definition) is 3. The molecule has 2 fully saturated rings. The van der Waals surface area contributed by atoms with Gasteiger partial charge in [-0.15, -0.1) is 0 Å². The Morgan fingerprint density at radius 1 is 0.864 bits per heavy atom. The minimum absolute atomic E-state index is 0.220. The summed E-state index contributed by atoms with van der Waals surface area (Å²) >= 11 is 0. The van der Waals surface area contributed by atoms with E-state index in [0.717, 1.165) is 31.7 Å². The molecule has 1 saturated heterocycles. The molecule has 0 spiro atoms. The van der Waals surface area contributed by atoms with Crippen LogP contribution in [-0.2, 0) is 4.74 Å². The highest BCUT2D eigenvalue weighted by atomic mass is 16.5. The van der Waals surface area contributed by atoms with Crippen LogP contribution in [0.5, 0.6) is 5.75 Å². The van der Waals surface area contributed by atoms with Crippen molar-refractivity contribution in [2.45, 2.75) is 57.2 Å². The van der Waals surface area contributed by atoms with E-state index in [-0.39, 0.29) is 12.2 Å². The van der Waals surface area contributed by atoms with E-state index in [1.807, 2.05) is 30.3 Å². The van der Waals surface area contributed by atoms with E-state index >= 15 is 0 Å². The van der Waals surface area contributed by atoms with Crippen LogP contribution in [0.4, 0.5) is 0 Å². The van der Waals surface area contributed by atoms with Crippen LogP contribution in [0.25, 0.3) is 0 Å². The summed E-state index contributed by atoms with van der Waals surface area (Å²) < 4.78 is 12.4. The van der Waals surface area contributed by atoms with E-state index in [1.165, 1.54) is 45.2 Å². The van der Waals surface area contributed by atoms with Gasteiger partial charge in [-0.1, -0.05) is 31.0 Å². The van der Waals surface area contributed by atoms with Gasteiger partial charge in [0.2, 0.25) is 0 Å². The largest absolute Gasteiger partial charge is 0.488 e. The Hall–Kier alpha value is -1.06. The third kappa shape index (κ3) is 4.72. The fourth-order valence-corrected chi connectivity index (χ4v) is 3.58. The lowest BCUT2D eigenvalue weighted by Gasteiger charge is -2.33. The fraction of sp³-hybridized carbons (Fsp3) is 0.684. The van der Waals surface area contributed by atoms with Gasteiger partial charge in [0, 0.05) is 6.54 Å². The van der Waals surface area contributed by atoms with E-state index in [4.69, 9.17) is 9.47 Å². The first-order chi connectivity index (χ1) is 10.9. The standard InChI is InChI=1S/C19H29NO2/c1-3-9-17(10-4-1)22-19-12-6-5-11-18(19)21-16-15-20-13-7-2-8-14-20/h1,3-4,9-10,18-19H,2,5-8,11-16H2/t18-,19-/m1/s1. The Labute approximate surface area is 134 Å². The van der Waals surface area contributed by atoms with E-state index in [0.29, 0.717) is 0 Å². The summed E-state index contributed by atoms with van der Waals surface area (Å²) in [6.45, 7) is 4.42. The summed E-state index contributed by atoms with van der Waals surface area (Å²) in [5, 5.41) is 0. The smallest absolute Gasteiger partial charge is 0.125 e. The second kappa shape index (κ2) is 8.54. The molecule has 1 aromatic rings. The highest BCUT2D eigenvalue weighted by Gasteiger charge is 2.27. The number of benzene rings is 1. The number of piperidine rings is 1. The van der Waals surface area contributed by atoms with Crippen molar-refractivity contribution in [1.29, 1.82) is 0 Å². The van der Waals surface area contributed by atoms with Gasteiger partial charge in [0.1, 0.15) is 11.9 Å². The van der Waals surface area contributed by atoms with Crippen molar-refractivity contribution in [3.8, 4) is 5.75 Å². The predicted molar refractivity (Wildman–Crippen MR) is 89.4 cm³/mol. The van der Waals surface area contributed by atoms with E-state index in [9.17, 15) is 0 Å². The maximum atomic E-state index is 6.20. The lowest BCUT2D eigenvalue weighted by molar-refractivity contribution is -0.0532. The molecule has 0 N–H and O–H groups in total. The van der Waals surface area contributed by atoms with E-state index < -0.39 is 0 Å². The Morgan fingerprint density at radius 3 is 2.36 bits per heavy atom. The third-order valence-electron chi connectivity index (χ3n) is 4.86. The van der Waals surface area contributed by atoms with Crippen LogP contribution < -0.4 is 4.74 Å². The Balaban J connectivity index is 1.45. The fourth-order valence-electron chi connectivity index (χ4n) is 3.58. The minimum atomic E-state index is 0.220. The predicted octanol–water partition coefficient (Wildman–Crippen LogP) is 3.88. The Morgan fingerprint density at radius 2 is 1.59 bits per heavy atom. The van der Waals surface area contributed by atoms with Gasteiger partial charge in [-0.2, -0.15) is 0 Å². The zero-order valence-corrected chi connectivity index (χ0v) is 13.6. The topological polar surface area (TPSA) is 21.7 Å². The normalized spacial score (nSPS) is 26.7. The summed E-state index contributed by atoms with van der Waals surface area (Å²) in [7, 11) is 0. The number of rotatable bonds is 6. The van der Waals surface area contributed by atoms with Crippen molar-refractivity contribution >= 4 is 0 Å². The summed E-state index contributed by atoms with van der Waals surface area (Å²) in [6, 6.07) is 10.2. The van der Waals surface area contributed by atoms with Gasteiger partial charge in [-0.05, 0) is 57.3 Å². The molecule has 1 aromatic carbocycles. The molecule has 2 atom stereocenters. The summed E-state index contributed by atoms with van der Waals surface area (Å²) in [5.74, 6) is 0.971. The van der Waals surface area contributed by atoms with Gasteiger partial charge in [-0.3, -0.25) is 0 Å². The van der Waals surface area contributed by atoms with E-state index in [2.05, 4.69) is 4.90 Å². The molecule has 1 aliphatic heterocycles. The molecule has 0 aromatic heterocycles. The number of nitrogens with zero attached hydrogens (tertiary/aromatic N) is 1. The van der Waals surface area contributed by atoms with E-state index in [1.54, 1.807) is 0 Å². The lowest BCUT2D eigenvalue weighted by atomic mass is 9.94. The molecule has 1 heterocycles. The van der Waals surface area contributed by atoms with Gasteiger partial charge in [0.05, 0.1) is 12.7 Å². The van der Waals surface area contributed by atoms with Crippen LogP contribution >= 0.6 is 0 Å². The van der Waals surface area contributed by atoms with Gasteiger partial charge in [0.25, 0.3) is 0 Å². The maximum Gasteiger partial charge on any atom is 0.125 e. The monoisotopic (exact) mass is 303 g/mol. The first-order valence-corrected chi connectivity index (χ1v) is 8.97. The molecule has 3 rings (SSSR count). The molecule has 0 bridgehead atoms. The maximum absolute atomic E-state index is 6.20. The van der Waals surface area contributed by atoms with Crippen LogP contribution in [0, 0.1) is 0 Å². The second-order valence-corrected chi connectivity index (χ2v) is 6.57. The summed E-state index contributed by atoms with van der Waals surface area (Å²) in [4.78, 5) is 2.54. The van der Waals surface area contributed by atoms with Crippen LogP contribution in [0.3, 0.4) is 0 Å². The summed E-state index contributed by atoms with van der Waals surface area (Å²) in [6.07, 6.45) is 9.35. The molecule has 1 saturated carbocycles. The Bertz CT molecular complexity index is 417. The number of hydrogen-bond donors (Lipinski definition) is 0. The average molecular weight is 303 g/mol. The Kier molecular flexibility index (Phi) is 6.14. The number of likely N-dealkylation sites (tertiary alicyclic amines) is 1. The van der Waals surface area contributed by atoms with Crippen LogP contribution in [0.1, 0.15) is 44.9 Å². The van der Waals surface area contributed by atoms with Crippen LogP contribution in [0.2, 0.25) is 0 Å². The molecule has 1 aliphatic carbocycles. The number of para-hydroxylation sites is 1. The van der Waals surface area contributed by atoms with Crippen molar-refractivity contribution in [1.82, 2.24) is 4.90 Å². The van der Waals surface area contributed by atoms with Gasteiger partial charge in [0.15, 0.2) is 0 Å². The molecule has 22 heavy (non-hydrogen) atoms. The molecular weight excluding hydrogens is 274 g/mol. The molecule has 0 amide bonds. The average Bonchev–Trinajstić information content (AvgIpc) is 2.58. The highest BCUT2D eigenvalue weighted by molar-refractivity contribution is 5.21.